The number of pyridine rings is 1. The summed E-state index contributed by atoms with van der Waals surface area (Å²) in [6, 6.07) is 17.0. The van der Waals surface area contributed by atoms with Gasteiger partial charge in [-0.15, -0.1) is 5.10 Å². The Hall–Kier alpha value is -3.27. The lowest BCUT2D eigenvalue weighted by molar-refractivity contribution is -0.115. The smallest absolute Gasteiger partial charge is 0.243 e. The number of alkyl halides is 1. The first-order valence-corrected chi connectivity index (χ1v) is 10.1. The Morgan fingerprint density at radius 3 is 2.83 bits per heavy atom. The average molecular weight is 495 g/mol. The minimum absolute atomic E-state index is 0.171. The Kier molecular flexibility index (Phi) is 4.47. The van der Waals surface area contributed by atoms with Crippen LogP contribution in [0.15, 0.2) is 77.6 Å². The summed E-state index contributed by atoms with van der Waals surface area (Å²) < 4.78 is 7.23. The molecule has 8 heteroatoms. The molecule has 0 fully saturated rings. The molecule has 1 amide bonds. The molecule has 0 aliphatic carbocycles. The number of anilines is 1. The summed E-state index contributed by atoms with van der Waals surface area (Å²) in [7, 11) is 0. The number of halogens is 1. The van der Waals surface area contributed by atoms with E-state index in [4.69, 9.17) is 4.42 Å². The molecule has 1 aromatic carbocycles. The van der Waals surface area contributed by atoms with Crippen molar-refractivity contribution in [1.82, 2.24) is 19.6 Å². The Bertz CT molecular complexity index is 1300. The third-order valence-electron chi connectivity index (χ3n) is 4.50. The van der Waals surface area contributed by atoms with Gasteiger partial charge >= 0.3 is 0 Å². The summed E-state index contributed by atoms with van der Waals surface area (Å²) in [5.41, 5.74) is 3.01. The summed E-state index contributed by atoms with van der Waals surface area (Å²) in [6.07, 6.45) is 5.07. The number of fused-ring (bicyclic) bond motifs is 2. The molecule has 142 valence electrons. The fourth-order valence-electron chi connectivity index (χ4n) is 3.08. The molecule has 29 heavy (non-hydrogen) atoms. The second kappa shape index (κ2) is 7.28. The van der Waals surface area contributed by atoms with E-state index in [0.717, 1.165) is 16.5 Å². The predicted molar refractivity (Wildman–Crippen MR) is 118 cm³/mol. The second-order valence-electron chi connectivity index (χ2n) is 6.42. The number of carbonyl (C=O) groups is 1. The molecule has 0 saturated carbocycles. The summed E-state index contributed by atoms with van der Waals surface area (Å²) in [5.74, 6) is 0.927. The number of hydrogen-bond acceptors (Lipinski definition) is 5. The Balaban J connectivity index is 1.47. The van der Waals surface area contributed by atoms with E-state index in [-0.39, 0.29) is 9.83 Å². The Morgan fingerprint density at radius 1 is 1.10 bits per heavy atom. The fraction of sp³-hybridized carbons (Fsp3) is 0.0476. The lowest BCUT2D eigenvalue weighted by atomic mass is 10.2. The minimum Gasteiger partial charge on any atom is -0.454 e. The number of benzene rings is 1. The molecule has 0 radical (unpaired) electrons. The highest BCUT2D eigenvalue weighted by molar-refractivity contribution is 14.1. The van der Waals surface area contributed by atoms with Gasteiger partial charge in [-0.05, 0) is 35.9 Å². The van der Waals surface area contributed by atoms with Crippen molar-refractivity contribution in [2.24, 2.45) is 0 Å². The molecule has 5 rings (SSSR count). The van der Waals surface area contributed by atoms with Crippen molar-refractivity contribution < 1.29 is 9.21 Å². The standard InChI is InChI=1S/C21H14IN5O2/c22-20(14-5-3-9-23-11-14)21(28)25-18-7-8-19-24-12-15(27(19)26-18)17-10-13-4-1-2-6-16(13)29-17/h1-12,20H,(H,25,26,28). The van der Waals surface area contributed by atoms with E-state index in [0.29, 0.717) is 22.9 Å². The van der Waals surface area contributed by atoms with Gasteiger partial charge in [-0.25, -0.2) is 9.50 Å². The number of furan rings is 1. The van der Waals surface area contributed by atoms with Gasteiger partial charge in [0.1, 0.15) is 15.2 Å². The monoisotopic (exact) mass is 495 g/mol. The number of carbonyl (C=O) groups excluding carboxylic acids is 1. The number of imidazole rings is 1. The van der Waals surface area contributed by atoms with Crippen LogP contribution >= 0.6 is 22.6 Å². The van der Waals surface area contributed by atoms with Gasteiger partial charge in [0.25, 0.3) is 0 Å². The lowest BCUT2D eigenvalue weighted by Gasteiger charge is -2.10. The third-order valence-corrected chi connectivity index (χ3v) is 5.78. The molecule has 4 aromatic heterocycles. The van der Waals surface area contributed by atoms with Crippen molar-refractivity contribution in [3.05, 3.63) is 78.8 Å². The Morgan fingerprint density at radius 2 is 2.00 bits per heavy atom. The molecule has 1 unspecified atom stereocenters. The molecule has 0 aliphatic heterocycles. The van der Waals surface area contributed by atoms with Crippen LogP contribution in [-0.4, -0.2) is 25.5 Å². The number of nitrogens with zero attached hydrogens (tertiary/aromatic N) is 4. The van der Waals surface area contributed by atoms with Crippen molar-refractivity contribution >= 4 is 50.9 Å². The number of nitrogens with one attached hydrogen (secondary N) is 1. The summed E-state index contributed by atoms with van der Waals surface area (Å²) in [6.45, 7) is 0. The maximum Gasteiger partial charge on any atom is 0.243 e. The first kappa shape index (κ1) is 17.8. The SMILES string of the molecule is O=C(Nc1ccc2ncc(-c3cc4ccccc4o3)n2n1)C(I)c1cccnc1. The van der Waals surface area contributed by atoms with Gasteiger partial charge < -0.3 is 9.73 Å². The van der Waals surface area contributed by atoms with Crippen LogP contribution in [-0.2, 0) is 4.79 Å². The van der Waals surface area contributed by atoms with Crippen LogP contribution in [0.2, 0.25) is 0 Å². The van der Waals surface area contributed by atoms with Gasteiger partial charge in [-0.1, -0.05) is 46.9 Å². The van der Waals surface area contributed by atoms with E-state index >= 15 is 0 Å². The van der Waals surface area contributed by atoms with Crippen LogP contribution in [0.4, 0.5) is 5.82 Å². The van der Waals surface area contributed by atoms with Crippen molar-refractivity contribution in [3.63, 3.8) is 0 Å². The second-order valence-corrected chi connectivity index (χ2v) is 7.66. The summed E-state index contributed by atoms with van der Waals surface area (Å²) in [5, 5.41) is 8.41. The topological polar surface area (TPSA) is 85.3 Å². The third kappa shape index (κ3) is 3.35. The molecule has 5 aromatic rings. The molecule has 0 bridgehead atoms. The zero-order valence-electron chi connectivity index (χ0n) is 15.0. The summed E-state index contributed by atoms with van der Waals surface area (Å²) >= 11 is 2.09. The molecule has 0 spiro atoms. The normalized spacial score (nSPS) is 12.3. The molecule has 0 aliphatic rings. The van der Waals surface area contributed by atoms with Gasteiger partial charge in [-0.2, -0.15) is 0 Å². The molecule has 1 atom stereocenters. The number of hydrogen-bond donors (Lipinski definition) is 1. The molecule has 4 heterocycles. The van der Waals surface area contributed by atoms with Crippen LogP contribution in [0.3, 0.4) is 0 Å². The highest BCUT2D eigenvalue weighted by atomic mass is 127. The first-order valence-electron chi connectivity index (χ1n) is 8.88. The van der Waals surface area contributed by atoms with Gasteiger partial charge in [0.2, 0.25) is 5.91 Å². The van der Waals surface area contributed by atoms with E-state index in [1.54, 1.807) is 35.2 Å². The number of aromatic nitrogens is 4. The largest absolute Gasteiger partial charge is 0.454 e. The number of amides is 1. The van der Waals surface area contributed by atoms with Gasteiger partial charge in [-0.3, -0.25) is 9.78 Å². The summed E-state index contributed by atoms with van der Waals surface area (Å²) in [4.78, 5) is 21.1. The quantitative estimate of drug-likeness (QED) is 0.290. The van der Waals surface area contributed by atoms with E-state index in [1.165, 1.54) is 0 Å². The van der Waals surface area contributed by atoms with E-state index < -0.39 is 0 Å². The number of rotatable bonds is 4. The maximum atomic E-state index is 12.6. The van der Waals surface area contributed by atoms with E-state index in [2.05, 4.69) is 43.0 Å². The fourth-order valence-corrected chi connectivity index (χ4v) is 3.61. The first-order chi connectivity index (χ1) is 14.2. The highest BCUT2D eigenvalue weighted by Gasteiger charge is 2.19. The number of para-hydroxylation sites is 1. The molecular formula is C21H14IN5O2. The van der Waals surface area contributed by atoms with Crippen LogP contribution in [0, 0.1) is 0 Å². The van der Waals surface area contributed by atoms with E-state index in [1.807, 2.05) is 42.5 Å². The van der Waals surface area contributed by atoms with Crippen molar-refractivity contribution in [1.29, 1.82) is 0 Å². The van der Waals surface area contributed by atoms with Crippen LogP contribution in [0.25, 0.3) is 28.1 Å². The van der Waals surface area contributed by atoms with Gasteiger partial charge in [0.05, 0.1) is 6.20 Å². The average Bonchev–Trinajstić information content (AvgIpc) is 3.37. The molecule has 0 saturated heterocycles. The zero-order valence-corrected chi connectivity index (χ0v) is 17.1. The zero-order chi connectivity index (χ0) is 19.8. The van der Waals surface area contributed by atoms with Crippen molar-refractivity contribution in [3.8, 4) is 11.5 Å². The maximum absolute atomic E-state index is 12.6. The van der Waals surface area contributed by atoms with E-state index in [9.17, 15) is 4.79 Å². The van der Waals surface area contributed by atoms with Crippen LogP contribution in [0.5, 0.6) is 0 Å². The van der Waals surface area contributed by atoms with Gasteiger partial charge in [0, 0.05) is 17.8 Å². The minimum atomic E-state index is -0.378. The van der Waals surface area contributed by atoms with Crippen LogP contribution in [0.1, 0.15) is 9.49 Å². The molecule has 1 N–H and O–H groups in total. The lowest BCUT2D eigenvalue weighted by Crippen LogP contribution is -2.18. The predicted octanol–water partition coefficient (Wildman–Crippen LogP) is 4.65. The Labute approximate surface area is 178 Å². The molecule has 7 nitrogen and oxygen atoms in total. The molecular weight excluding hydrogens is 481 g/mol. The van der Waals surface area contributed by atoms with Crippen molar-refractivity contribution in [2.45, 2.75) is 3.92 Å². The highest BCUT2D eigenvalue weighted by Crippen LogP contribution is 2.28. The van der Waals surface area contributed by atoms with Crippen LogP contribution < -0.4 is 5.32 Å². The van der Waals surface area contributed by atoms with Gasteiger partial charge in [0.15, 0.2) is 17.2 Å². The van der Waals surface area contributed by atoms with Crippen molar-refractivity contribution in [2.75, 3.05) is 5.32 Å².